The fraction of sp³-hybridized carbons (Fsp3) is 0.300. The van der Waals surface area contributed by atoms with Gasteiger partial charge >= 0.3 is 0 Å². The number of carbonyl (C=O) groups excluding carboxylic acids is 1. The standard InChI is InChI=1S/C20H20FN3OS/c1-24-11-10-22-19(24)18(13-6-8-15(21)9-7-13)23-20(25)17-12-14-4-2-3-5-16(14)26-17/h6-12,18H,2-5H2,1H3,(H,23,25)/t18-/m0/s1. The van der Waals surface area contributed by atoms with Crippen molar-refractivity contribution in [2.24, 2.45) is 7.05 Å². The average Bonchev–Trinajstić information content (AvgIpc) is 3.26. The van der Waals surface area contributed by atoms with Crippen LogP contribution in [0.15, 0.2) is 42.7 Å². The maximum Gasteiger partial charge on any atom is 0.262 e. The van der Waals surface area contributed by atoms with Crippen molar-refractivity contribution in [1.82, 2.24) is 14.9 Å². The van der Waals surface area contributed by atoms with Crippen LogP contribution in [-0.4, -0.2) is 15.5 Å². The van der Waals surface area contributed by atoms with Gasteiger partial charge in [-0.2, -0.15) is 0 Å². The summed E-state index contributed by atoms with van der Waals surface area (Å²) in [6, 6.07) is 7.78. The molecule has 0 fully saturated rings. The molecule has 1 N–H and O–H groups in total. The van der Waals surface area contributed by atoms with Gasteiger partial charge in [-0.15, -0.1) is 11.3 Å². The zero-order chi connectivity index (χ0) is 18.1. The Bertz CT molecular complexity index is 905. The number of benzene rings is 1. The van der Waals surface area contributed by atoms with Crippen molar-refractivity contribution < 1.29 is 9.18 Å². The maximum absolute atomic E-state index is 13.3. The summed E-state index contributed by atoms with van der Waals surface area (Å²) in [5.74, 6) is 0.303. The Kier molecular flexibility index (Phi) is 4.59. The van der Waals surface area contributed by atoms with E-state index in [9.17, 15) is 9.18 Å². The summed E-state index contributed by atoms with van der Waals surface area (Å²) >= 11 is 1.59. The first-order valence-corrected chi connectivity index (χ1v) is 9.58. The summed E-state index contributed by atoms with van der Waals surface area (Å²) < 4.78 is 15.2. The zero-order valence-corrected chi connectivity index (χ0v) is 15.4. The molecule has 3 aromatic rings. The summed E-state index contributed by atoms with van der Waals surface area (Å²) in [6.07, 6.45) is 8.04. The SMILES string of the molecule is Cn1ccnc1[C@@H](NC(=O)c1cc2c(s1)CCCC2)c1ccc(F)cc1. The Morgan fingerprint density at radius 3 is 2.73 bits per heavy atom. The average molecular weight is 369 g/mol. The molecular formula is C20H20FN3OS. The van der Waals surface area contributed by atoms with E-state index in [-0.39, 0.29) is 11.7 Å². The molecule has 0 spiro atoms. The smallest absolute Gasteiger partial charge is 0.262 e. The number of rotatable bonds is 4. The van der Waals surface area contributed by atoms with Crippen LogP contribution in [0.3, 0.4) is 0 Å². The second kappa shape index (κ2) is 7.03. The van der Waals surface area contributed by atoms with Gasteiger partial charge in [0.2, 0.25) is 0 Å². The first-order valence-electron chi connectivity index (χ1n) is 8.77. The predicted molar refractivity (Wildman–Crippen MR) is 99.9 cm³/mol. The molecule has 1 amide bonds. The molecule has 0 radical (unpaired) electrons. The lowest BCUT2D eigenvalue weighted by Crippen LogP contribution is -2.30. The number of aromatic nitrogens is 2. The molecule has 0 saturated carbocycles. The molecule has 1 aliphatic carbocycles. The van der Waals surface area contributed by atoms with E-state index in [4.69, 9.17) is 0 Å². The largest absolute Gasteiger partial charge is 0.337 e. The van der Waals surface area contributed by atoms with Crippen molar-refractivity contribution in [2.45, 2.75) is 31.7 Å². The molecule has 0 saturated heterocycles. The minimum absolute atomic E-state index is 0.110. The predicted octanol–water partition coefficient (Wildman–Crippen LogP) is 4.02. The number of halogens is 1. The highest BCUT2D eigenvalue weighted by atomic mass is 32.1. The summed E-state index contributed by atoms with van der Waals surface area (Å²) in [5.41, 5.74) is 2.11. The minimum Gasteiger partial charge on any atom is -0.337 e. The molecule has 2 aromatic heterocycles. The summed E-state index contributed by atoms with van der Waals surface area (Å²) in [5, 5.41) is 3.09. The molecule has 1 atom stereocenters. The lowest BCUT2D eigenvalue weighted by atomic mass is 9.99. The first-order chi connectivity index (χ1) is 12.6. The van der Waals surface area contributed by atoms with Crippen LogP contribution in [0.5, 0.6) is 0 Å². The topological polar surface area (TPSA) is 46.9 Å². The third kappa shape index (κ3) is 3.29. The van der Waals surface area contributed by atoms with Gasteiger partial charge in [0.25, 0.3) is 5.91 Å². The lowest BCUT2D eigenvalue weighted by molar-refractivity contribution is 0.0945. The van der Waals surface area contributed by atoms with Gasteiger partial charge in [-0.1, -0.05) is 12.1 Å². The van der Waals surface area contributed by atoms with E-state index in [1.165, 1.54) is 35.4 Å². The number of nitrogens with one attached hydrogen (secondary N) is 1. The van der Waals surface area contributed by atoms with Crippen LogP contribution in [0.4, 0.5) is 4.39 Å². The van der Waals surface area contributed by atoms with Crippen molar-refractivity contribution in [3.63, 3.8) is 0 Å². The van der Waals surface area contributed by atoms with Crippen LogP contribution in [0.1, 0.15) is 50.4 Å². The molecule has 1 aromatic carbocycles. The van der Waals surface area contributed by atoms with Crippen LogP contribution in [0, 0.1) is 5.82 Å². The van der Waals surface area contributed by atoms with E-state index in [2.05, 4.69) is 10.3 Å². The van der Waals surface area contributed by atoms with E-state index >= 15 is 0 Å². The van der Waals surface area contributed by atoms with Gasteiger partial charge in [-0.3, -0.25) is 4.79 Å². The molecule has 4 rings (SSSR count). The highest BCUT2D eigenvalue weighted by Gasteiger charge is 2.24. The van der Waals surface area contributed by atoms with Gasteiger partial charge in [-0.05, 0) is 55.0 Å². The van der Waals surface area contributed by atoms with Gasteiger partial charge in [0.05, 0.1) is 4.88 Å². The molecule has 2 heterocycles. The highest BCUT2D eigenvalue weighted by molar-refractivity contribution is 7.14. The highest BCUT2D eigenvalue weighted by Crippen LogP contribution is 2.30. The van der Waals surface area contributed by atoms with Crippen LogP contribution in [0.25, 0.3) is 0 Å². The number of nitrogens with zero attached hydrogens (tertiary/aromatic N) is 2. The molecule has 4 nitrogen and oxygen atoms in total. The van der Waals surface area contributed by atoms with Crippen molar-refractivity contribution >= 4 is 17.2 Å². The van der Waals surface area contributed by atoms with Crippen LogP contribution < -0.4 is 5.32 Å². The summed E-state index contributed by atoms with van der Waals surface area (Å²) in [7, 11) is 1.88. The van der Waals surface area contributed by atoms with Gasteiger partial charge in [-0.25, -0.2) is 9.37 Å². The minimum atomic E-state index is -0.428. The normalized spacial score (nSPS) is 14.7. The number of hydrogen-bond donors (Lipinski definition) is 1. The Hall–Kier alpha value is -2.47. The molecule has 0 bridgehead atoms. The number of hydrogen-bond acceptors (Lipinski definition) is 3. The second-order valence-corrected chi connectivity index (χ2v) is 7.76. The van der Waals surface area contributed by atoms with Crippen molar-refractivity contribution in [3.8, 4) is 0 Å². The van der Waals surface area contributed by atoms with Crippen LogP contribution in [-0.2, 0) is 19.9 Å². The quantitative estimate of drug-likeness (QED) is 0.755. The number of imidazole rings is 1. The first kappa shape index (κ1) is 17.0. The third-order valence-corrected chi connectivity index (χ3v) is 6.05. The fourth-order valence-electron chi connectivity index (χ4n) is 3.41. The number of fused-ring (bicyclic) bond motifs is 1. The van der Waals surface area contributed by atoms with Gasteiger partial charge in [0.1, 0.15) is 17.7 Å². The van der Waals surface area contributed by atoms with Gasteiger partial charge in [0.15, 0.2) is 0 Å². The zero-order valence-electron chi connectivity index (χ0n) is 14.5. The molecule has 1 aliphatic rings. The van der Waals surface area contributed by atoms with Crippen LogP contribution >= 0.6 is 11.3 Å². The van der Waals surface area contributed by atoms with E-state index in [1.807, 2.05) is 23.9 Å². The van der Waals surface area contributed by atoms with E-state index in [0.29, 0.717) is 5.82 Å². The summed E-state index contributed by atoms with van der Waals surface area (Å²) in [4.78, 5) is 19.4. The van der Waals surface area contributed by atoms with Crippen LogP contribution in [0.2, 0.25) is 0 Å². The van der Waals surface area contributed by atoms with E-state index in [0.717, 1.165) is 23.3 Å². The maximum atomic E-state index is 13.3. The Labute approximate surface area is 155 Å². The Morgan fingerprint density at radius 2 is 2.04 bits per heavy atom. The molecule has 134 valence electrons. The molecule has 0 unspecified atom stereocenters. The molecule has 6 heteroatoms. The number of carbonyl (C=O) groups is 1. The fourth-order valence-corrected chi connectivity index (χ4v) is 4.57. The van der Waals surface area contributed by atoms with Gasteiger partial charge < -0.3 is 9.88 Å². The van der Waals surface area contributed by atoms with Gasteiger partial charge in [0, 0.05) is 24.3 Å². The van der Waals surface area contributed by atoms with Crippen molar-refractivity contribution in [3.05, 3.63) is 75.2 Å². The van der Waals surface area contributed by atoms with Crippen molar-refractivity contribution in [1.29, 1.82) is 0 Å². The molecule has 26 heavy (non-hydrogen) atoms. The molecule has 0 aliphatic heterocycles. The molecular weight excluding hydrogens is 349 g/mol. The third-order valence-electron chi connectivity index (χ3n) is 4.82. The summed E-state index contributed by atoms with van der Waals surface area (Å²) in [6.45, 7) is 0. The number of amides is 1. The monoisotopic (exact) mass is 369 g/mol. The van der Waals surface area contributed by atoms with Crippen molar-refractivity contribution in [2.75, 3.05) is 0 Å². The number of aryl methyl sites for hydroxylation is 3. The van der Waals surface area contributed by atoms with E-state index in [1.54, 1.807) is 29.7 Å². The number of thiophene rings is 1. The Morgan fingerprint density at radius 1 is 1.27 bits per heavy atom. The second-order valence-electron chi connectivity index (χ2n) is 6.62. The Balaban J connectivity index is 1.64. The van der Waals surface area contributed by atoms with E-state index < -0.39 is 6.04 Å². The lowest BCUT2D eigenvalue weighted by Gasteiger charge is -2.19.